The average molecular weight is 297 g/mol. The molecule has 22 heavy (non-hydrogen) atoms. The number of ether oxygens (including phenoxy) is 1. The van der Waals surface area contributed by atoms with Crippen molar-refractivity contribution in [2.24, 2.45) is 0 Å². The van der Waals surface area contributed by atoms with Crippen LogP contribution >= 0.6 is 0 Å². The molecule has 3 heteroatoms. The summed E-state index contributed by atoms with van der Waals surface area (Å²) in [7, 11) is 0. The zero-order valence-electron chi connectivity index (χ0n) is 13.6. The number of nitrogens with zero attached hydrogens (tertiary/aromatic N) is 1. The molecular weight excluding hydrogens is 274 g/mol. The minimum Gasteiger partial charge on any atom is -0.485 e. The van der Waals surface area contributed by atoms with Crippen molar-refractivity contribution >= 4 is 5.78 Å². The molecule has 0 atom stereocenters. The van der Waals surface area contributed by atoms with Crippen molar-refractivity contribution in [1.82, 2.24) is 4.57 Å². The largest absolute Gasteiger partial charge is 0.485 e. The van der Waals surface area contributed by atoms with E-state index in [1.165, 1.54) is 24.1 Å². The fraction of sp³-hybridized carbons (Fsp3) is 0.421. The van der Waals surface area contributed by atoms with Gasteiger partial charge in [-0.1, -0.05) is 19.1 Å². The quantitative estimate of drug-likeness (QED) is 0.746. The van der Waals surface area contributed by atoms with Crippen LogP contribution in [0.15, 0.2) is 30.3 Å². The van der Waals surface area contributed by atoms with Gasteiger partial charge >= 0.3 is 0 Å². The van der Waals surface area contributed by atoms with E-state index < -0.39 is 0 Å². The van der Waals surface area contributed by atoms with E-state index in [0.29, 0.717) is 6.04 Å². The van der Waals surface area contributed by atoms with Gasteiger partial charge in [-0.15, -0.1) is 0 Å². The van der Waals surface area contributed by atoms with E-state index in [2.05, 4.69) is 18.4 Å². The lowest BCUT2D eigenvalue weighted by molar-refractivity contribution is 0.0921. The van der Waals surface area contributed by atoms with Gasteiger partial charge in [0.15, 0.2) is 6.61 Å². The maximum absolute atomic E-state index is 12.4. The lowest BCUT2D eigenvalue weighted by atomic mass is 10.1. The molecular formula is C19H23NO2. The second-order valence-electron chi connectivity index (χ2n) is 6.10. The fourth-order valence-electron chi connectivity index (χ4n) is 3.00. The third kappa shape index (κ3) is 2.94. The Bertz CT molecular complexity index is 678. The first-order valence-corrected chi connectivity index (χ1v) is 8.03. The normalized spacial score (nSPS) is 14.1. The van der Waals surface area contributed by atoms with Crippen LogP contribution in [-0.2, 0) is 6.42 Å². The number of hydrogen-bond donors (Lipinski definition) is 0. The Hall–Kier alpha value is -2.03. The molecule has 2 aromatic rings. The van der Waals surface area contributed by atoms with Crippen LogP contribution < -0.4 is 4.74 Å². The zero-order chi connectivity index (χ0) is 15.7. The molecule has 1 fully saturated rings. The SMILES string of the molecule is CCc1ccc(OCC(=O)c2cc(C)n(C3CC3)c2C)cc1. The molecule has 1 aliphatic carbocycles. The molecule has 0 amide bonds. The maximum atomic E-state index is 12.4. The highest BCUT2D eigenvalue weighted by Crippen LogP contribution is 2.38. The summed E-state index contributed by atoms with van der Waals surface area (Å²) in [5.41, 5.74) is 4.33. The number of hydrogen-bond acceptors (Lipinski definition) is 2. The van der Waals surface area contributed by atoms with Crippen molar-refractivity contribution in [3.8, 4) is 5.75 Å². The number of aryl methyl sites for hydroxylation is 2. The van der Waals surface area contributed by atoms with Gasteiger partial charge in [-0.25, -0.2) is 0 Å². The van der Waals surface area contributed by atoms with Crippen molar-refractivity contribution in [2.45, 2.75) is 46.1 Å². The van der Waals surface area contributed by atoms with Crippen molar-refractivity contribution in [3.05, 3.63) is 52.8 Å². The minimum atomic E-state index is 0.0552. The molecule has 0 unspecified atom stereocenters. The molecule has 1 aromatic carbocycles. The Morgan fingerprint density at radius 3 is 2.50 bits per heavy atom. The topological polar surface area (TPSA) is 31.2 Å². The van der Waals surface area contributed by atoms with Crippen LogP contribution in [0, 0.1) is 13.8 Å². The van der Waals surface area contributed by atoms with Gasteiger partial charge in [0.1, 0.15) is 5.75 Å². The first kappa shape index (κ1) is 14.9. The molecule has 1 heterocycles. The summed E-state index contributed by atoms with van der Waals surface area (Å²) in [6.07, 6.45) is 3.46. The number of ketones is 1. The summed E-state index contributed by atoms with van der Waals surface area (Å²) in [4.78, 5) is 12.4. The molecule has 0 spiro atoms. The molecule has 0 saturated heterocycles. The highest BCUT2D eigenvalue weighted by molar-refractivity contribution is 5.98. The lowest BCUT2D eigenvalue weighted by Gasteiger charge is -2.08. The Morgan fingerprint density at radius 2 is 1.91 bits per heavy atom. The zero-order valence-corrected chi connectivity index (χ0v) is 13.6. The summed E-state index contributed by atoms with van der Waals surface area (Å²) in [6, 6.07) is 10.5. The second-order valence-corrected chi connectivity index (χ2v) is 6.10. The van der Waals surface area contributed by atoms with Gasteiger partial charge in [-0.05, 0) is 56.9 Å². The Labute approximate surface area is 131 Å². The third-order valence-electron chi connectivity index (χ3n) is 4.40. The Kier molecular flexibility index (Phi) is 4.06. The van der Waals surface area contributed by atoms with E-state index in [1.54, 1.807) is 0 Å². The summed E-state index contributed by atoms with van der Waals surface area (Å²) < 4.78 is 7.94. The third-order valence-corrected chi connectivity index (χ3v) is 4.40. The first-order chi connectivity index (χ1) is 10.6. The molecule has 0 aliphatic heterocycles. The first-order valence-electron chi connectivity index (χ1n) is 8.03. The second kappa shape index (κ2) is 5.99. The number of carbonyl (C=O) groups excluding carboxylic acids is 1. The standard InChI is InChI=1S/C19H23NO2/c1-4-15-5-9-17(10-6-15)22-12-19(21)18-11-13(2)20(14(18)3)16-7-8-16/h5-6,9-11,16H,4,7-8,12H2,1-3H3. The fourth-order valence-corrected chi connectivity index (χ4v) is 3.00. The Morgan fingerprint density at radius 1 is 1.23 bits per heavy atom. The van der Waals surface area contributed by atoms with E-state index in [0.717, 1.165) is 23.4 Å². The van der Waals surface area contributed by atoms with Gasteiger partial charge in [-0.3, -0.25) is 4.79 Å². The summed E-state index contributed by atoms with van der Waals surface area (Å²) in [5, 5.41) is 0. The van der Waals surface area contributed by atoms with Crippen LogP contribution in [0.1, 0.15) is 53.1 Å². The molecule has 3 nitrogen and oxygen atoms in total. The summed E-state index contributed by atoms with van der Waals surface area (Å²) >= 11 is 0. The monoisotopic (exact) mass is 297 g/mol. The Balaban J connectivity index is 1.68. The van der Waals surface area contributed by atoms with Crippen molar-refractivity contribution in [1.29, 1.82) is 0 Å². The number of benzene rings is 1. The van der Waals surface area contributed by atoms with Gasteiger partial charge in [-0.2, -0.15) is 0 Å². The van der Waals surface area contributed by atoms with Crippen LogP contribution in [0.4, 0.5) is 0 Å². The molecule has 0 radical (unpaired) electrons. The molecule has 116 valence electrons. The molecule has 0 bridgehead atoms. The van der Waals surface area contributed by atoms with E-state index in [4.69, 9.17) is 4.74 Å². The van der Waals surface area contributed by atoms with E-state index in [1.807, 2.05) is 37.3 Å². The molecule has 3 rings (SSSR count). The van der Waals surface area contributed by atoms with E-state index >= 15 is 0 Å². The molecule has 1 aliphatic rings. The molecule has 0 N–H and O–H groups in total. The van der Waals surface area contributed by atoms with Crippen molar-refractivity contribution < 1.29 is 9.53 Å². The highest BCUT2D eigenvalue weighted by atomic mass is 16.5. The average Bonchev–Trinajstić information content (AvgIpc) is 3.31. The van der Waals surface area contributed by atoms with E-state index in [-0.39, 0.29) is 12.4 Å². The lowest BCUT2D eigenvalue weighted by Crippen LogP contribution is -2.12. The van der Waals surface area contributed by atoms with E-state index in [9.17, 15) is 4.79 Å². The van der Waals surface area contributed by atoms with Crippen LogP contribution in [0.25, 0.3) is 0 Å². The predicted molar refractivity (Wildman–Crippen MR) is 87.8 cm³/mol. The molecule has 1 aromatic heterocycles. The van der Waals surface area contributed by atoms with Crippen LogP contribution in [0.5, 0.6) is 5.75 Å². The number of Topliss-reactive ketones (excluding diaryl/α,β-unsaturated/α-hetero) is 1. The summed E-state index contributed by atoms with van der Waals surface area (Å²) in [5.74, 6) is 0.807. The van der Waals surface area contributed by atoms with Gasteiger partial charge in [0.25, 0.3) is 0 Å². The smallest absolute Gasteiger partial charge is 0.202 e. The van der Waals surface area contributed by atoms with Gasteiger partial charge in [0.2, 0.25) is 5.78 Å². The maximum Gasteiger partial charge on any atom is 0.202 e. The minimum absolute atomic E-state index is 0.0552. The van der Waals surface area contributed by atoms with Crippen molar-refractivity contribution in [3.63, 3.8) is 0 Å². The van der Waals surface area contributed by atoms with Crippen LogP contribution in [0.2, 0.25) is 0 Å². The van der Waals surface area contributed by atoms with Gasteiger partial charge in [0.05, 0.1) is 0 Å². The van der Waals surface area contributed by atoms with Crippen LogP contribution in [-0.4, -0.2) is 17.0 Å². The van der Waals surface area contributed by atoms with Crippen LogP contribution in [0.3, 0.4) is 0 Å². The predicted octanol–water partition coefficient (Wildman–Crippen LogP) is 4.26. The van der Waals surface area contributed by atoms with Gasteiger partial charge in [0, 0.05) is 23.0 Å². The number of aromatic nitrogens is 1. The number of rotatable bonds is 6. The van der Waals surface area contributed by atoms with Crippen molar-refractivity contribution in [2.75, 3.05) is 6.61 Å². The molecule has 1 saturated carbocycles. The summed E-state index contributed by atoms with van der Waals surface area (Å²) in [6.45, 7) is 6.33. The van der Waals surface area contributed by atoms with Gasteiger partial charge < -0.3 is 9.30 Å². The highest BCUT2D eigenvalue weighted by Gasteiger charge is 2.28. The number of carbonyl (C=O) groups is 1.